The van der Waals surface area contributed by atoms with Crippen LogP contribution in [0.4, 0.5) is 0 Å². The number of aryl methyl sites for hydroxylation is 1. The molecule has 0 spiro atoms. The van der Waals surface area contributed by atoms with E-state index >= 15 is 0 Å². The Kier molecular flexibility index (Phi) is 4.00. The Morgan fingerprint density at radius 3 is 2.15 bits per heavy atom. The lowest BCUT2D eigenvalue weighted by molar-refractivity contribution is 0.389. The highest BCUT2D eigenvalue weighted by Gasteiger charge is 2.27. The van der Waals surface area contributed by atoms with Gasteiger partial charge in [-0.05, 0) is 37.6 Å². The van der Waals surface area contributed by atoms with Crippen molar-refractivity contribution in [3.8, 4) is 11.5 Å². The minimum Gasteiger partial charge on any atom is -0.497 e. The number of hydrogen-bond acceptors (Lipinski definition) is 3. The zero-order valence-corrected chi connectivity index (χ0v) is 12.4. The van der Waals surface area contributed by atoms with Gasteiger partial charge >= 0.3 is 0 Å². The highest BCUT2D eigenvalue weighted by molar-refractivity contribution is 5.49. The van der Waals surface area contributed by atoms with E-state index < -0.39 is 5.54 Å². The lowest BCUT2D eigenvalue weighted by Gasteiger charge is -2.28. The molecule has 0 fully saturated rings. The minimum atomic E-state index is -0.645. The summed E-state index contributed by atoms with van der Waals surface area (Å²) in [6.07, 6.45) is 0. The normalized spacial score (nSPS) is 13.7. The van der Waals surface area contributed by atoms with Crippen molar-refractivity contribution in [2.45, 2.75) is 19.4 Å². The van der Waals surface area contributed by atoms with Crippen molar-refractivity contribution >= 4 is 0 Å². The van der Waals surface area contributed by atoms with Gasteiger partial charge in [-0.1, -0.05) is 29.8 Å². The molecule has 0 saturated heterocycles. The second-order valence-electron chi connectivity index (χ2n) is 5.13. The first-order chi connectivity index (χ1) is 9.48. The highest BCUT2D eigenvalue weighted by atomic mass is 16.5. The molecule has 106 valence electrons. The van der Waals surface area contributed by atoms with Crippen molar-refractivity contribution in [1.82, 2.24) is 0 Å². The predicted molar refractivity (Wildman–Crippen MR) is 81.4 cm³/mol. The maximum atomic E-state index is 6.57. The number of methoxy groups -OCH3 is 2. The van der Waals surface area contributed by atoms with Gasteiger partial charge in [0.2, 0.25) is 0 Å². The number of hydrogen-bond donors (Lipinski definition) is 1. The van der Waals surface area contributed by atoms with Crippen molar-refractivity contribution in [1.29, 1.82) is 0 Å². The molecule has 2 aromatic rings. The number of rotatable bonds is 4. The molecule has 0 aliphatic rings. The van der Waals surface area contributed by atoms with Crippen LogP contribution in [0.5, 0.6) is 11.5 Å². The molecule has 2 rings (SSSR count). The van der Waals surface area contributed by atoms with Crippen LogP contribution in [0.3, 0.4) is 0 Å². The lowest BCUT2D eigenvalue weighted by atomic mass is 9.84. The first-order valence-electron chi connectivity index (χ1n) is 6.57. The zero-order valence-electron chi connectivity index (χ0n) is 12.4. The third-order valence-electron chi connectivity index (χ3n) is 3.62. The summed E-state index contributed by atoms with van der Waals surface area (Å²) in [7, 11) is 3.29. The summed E-state index contributed by atoms with van der Waals surface area (Å²) in [5.74, 6) is 1.53. The zero-order chi connectivity index (χ0) is 14.8. The number of nitrogens with two attached hydrogens (primary N) is 1. The van der Waals surface area contributed by atoms with Crippen LogP contribution in [0.25, 0.3) is 0 Å². The Morgan fingerprint density at radius 2 is 1.60 bits per heavy atom. The van der Waals surface area contributed by atoms with Gasteiger partial charge in [-0.2, -0.15) is 0 Å². The fourth-order valence-electron chi connectivity index (χ4n) is 2.28. The van der Waals surface area contributed by atoms with E-state index in [4.69, 9.17) is 15.2 Å². The molecule has 3 heteroatoms. The molecule has 0 amide bonds. The van der Waals surface area contributed by atoms with Gasteiger partial charge in [0.25, 0.3) is 0 Å². The van der Waals surface area contributed by atoms with E-state index in [1.165, 1.54) is 5.56 Å². The molecule has 20 heavy (non-hydrogen) atoms. The summed E-state index contributed by atoms with van der Waals surface area (Å²) in [6.45, 7) is 4.04. The van der Waals surface area contributed by atoms with Crippen LogP contribution in [-0.4, -0.2) is 14.2 Å². The van der Waals surface area contributed by atoms with Gasteiger partial charge in [0.05, 0.1) is 19.8 Å². The van der Waals surface area contributed by atoms with Crippen molar-refractivity contribution < 1.29 is 9.47 Å². The molecule has 3 nitrogen and oxygen atoms in total. The van der Waals surface area contributed by atoms with Crippen molar-refractivity contribution in [2.24, 2.45) is 5.73 Å². The first-order valence-corrected chi connectivity index (χ1v) is 6.57. The van der Waals surface area contributed by atoms with E-state index in [2.05, 4.69) is 19.1 Å². The Bertz CT molecular complexity index is 588. The smallest absolute Gasteiger partial charge is 0.124 e. The van der Waals surface area contributed by atoms with Gasteiger partial charge in [0.1, 0.15) is 11.5 Å². The van der Waals surface area contributed by atoms with E-state index in [9.17, 15) is 0 Å². The summed E-state index contributed by atoms with van der Waals surface area (Å²) >= 11 is 0. The third kappa shape index (κ3) is 2.63. The molecule has 0 aliphatic heterocycles. The van der Waals surface area contributed by atoms with E-state index in [0.29, 0.717) is 0 Å². The van der Waals surface area contributed by atoms with Gasteiger partial charge in [0.15, 0.2) is 0 Å². The molecule has 0 aromatic heterocycles. The van der Waals surface area contributed by atoms with E-state index in [0.717, 1.165) is 22.6 Å². The van der Waals surface area contributed by atoms with Crippen LogP contribution in [0.1, 0.15) is 23.6 Å². The lowest BCUT2D eigenvalue weighted by Crippen LogP contribution is -2.34. The van der Waals surface area contributed by atoms with E-state index in [1.807, 2.05) is 37.3 Å². The molecule has 2 N–H and O–H groups in total. The molecule has 0 bridgehead atoms. The van der Waals surface area contributed by atoms with Crippen molar-refractivity contribution in [3.05, 3.63) is 59.2 Å². The van der Waals surface area contributed by atoms with E-state index in [-0.39, 0.29) is 0 Å². The highest BCUT2D eigenvalue weighted by Crippen LogP contribution is 2.35. The number of ether oxygens (including phenoxy) is 2. The van der Waals surface area contributed by atoms with Gasteiger partial charge in [0, 0.05) is 5.56 Å². The van der Waals surface area contributed by atoms with Crippen LogP contribution in [0.15, 0.2) is 42.5 Å². The Morgan fingerprint density at radius 1 is 0.950 bits per heavy atom. The number of benzene rings is 2. The SMILES string of the molecule is COc1ccc(OC)c(C(C)(N)c2ccc(C)cc2)c1. The standard InChI is InChI=1S/C17H21NO2/c1-12-5-7-13(8-6-12)17(2,18)15-11-14(19-3)9-10-16(15)20-4/h5-11H,18H2,1-4H3. The largest absolute Gasteiger partial charge is 0.497 e. The minimum absolute atomic E-state index is 0.645. The molecule has 1 unspecified atom stereocenters. The summed E-state index contributed by atoms with van der Waals surface area (Å²) in [5.41, 5.74) is 9.08. The van der Waals surface area contributed by atoms with Crippen LogP contribution < -0.4 is 15.2 Å². The first kappa shape index (κ1) is 14.4. The maximum absolute atomic E-state index is 6.57. The molecular weight excluding hydrogens is 250 g/mol. The average Bonchev–Trinajstić information content (AvgIpc) is 2.47. The fraction of sp³-hybridized carbons (Fsp3) is 0.294. The molecule has 0 saturated carbocycles. The molecule has 0 aliphatic carbocycles. The summed E-state index contributed by atoms with van der Waals surface area (Å²) in [6, 6.07) is 13.9. The summed E-state index contributed by atoms with van der Waals surface area (Å²) in [4.78, 5) is 0. The third-order valence-corrected chi connectivity index (χ3v) is 3.62. The molecule has 0 radical (unpaired) electrons. The maximum Gasteiger partial charge on any atom is 0.124 e. The van der Waals surface area contributed by atoms with Crippen LogP contribution in [0, 0.1) is 6.92 Å². The molecule has 0 heterocycles. The van der Waals surface area contributed by atoms with Crippen LogP contribution in [-0.2, 0) is 5.54 Å². The summed E-state index contributed by atoms with van der Waals surface area (Å²) in [5, 5.41) is 0. The Labute approximate surface area is 120 Å². The second kappa shape index (κ2) is 5.55. The molecular formula is C17H21NO2. The monoisotopic (exact) mass is 271 g/mol. The Hall–Kier alpha value is -2.00. The van der Waals surface area contributed by atoms with Gasteiger partial charge in [-0.25, -0.2) is 0 Å². The van der Waals surface area contributed by atoms with Crippen molar-refractivity contribution in [2.75, 3.05) is 14.2 Å². The topological polar surface area (TPSA) is 44.5 Å². The quantitative estimate of drug-likeness (QED) is 0.928. The summed E-state index contributed by atoms with van der Waals surface area (Å²) < 4.78 is 10.7. The molecule has 1 atom stereocenters. The van der Waals surface area contributed by atoms with Crippen LogP contribution in [0.2, 0.25) is 0 Å². The van der Waals surface area contributed by atoms with Crippen LogP contribution >= 0.6 is 0 Å². The predicted octanol–water partition coefficient (Wildman–Crippen LogP) is 3.23. The van der Waals surface area contributed by atoms with E-state index in [1.54, 1.807) is 14.2 Å². The van der Waals surface area contributed by atoms with Crippen molar-refractivity contribution in [3.63, 3.8) is 0 Å². The van der Waals surface area contributed by atoms with Gasteiger partial charge in [-0.3, -0.25) is 0 Å². The Balaban J connectivity index is 2.54. The second-order valence-corrected chi connectivity index (χ2v) is 5.13. The fourth-order valence-corrected chi connectivity index (χ4v) is 2.28. The van der Waals surface area contributed by atoms with Gasteiger partial charge < -0.3 is 15.2 Å². The average molecular weight is 271 g/mol. The van der Waals surface area contributed by atoms with Gasteiger partial charge in [-0.15, -0.1) is 0 Å². The molecule has 2 aromatic carbocycles.